The van der Waals surface area contributed by atoms with Crippen LogP contribution in [0.1, 0.15) is 26.2 Å². The van der Waals surface area contributed by atoms with Crippen molar-refractivity contribution in [1.82, 2.24) is 0 Å². The summed E-state index contributed by atoms with van der Waals surface area (Å²) in [6, 6.07) is 0. The minimum absolute atomic E-state index is 0.268. The Morgan fingerprint density at radius 3 is 2.29 bits per heavy atom. The average Bonchev–Trinajstić information content (AvgIpc) is 2.22. The molecule has 3 atom stereocenters. The molecule has 0 aromatic carbocycles. The first-order valence-electron chi connectivity index (χ1n) is 4.73. The van der Waals surface area contributed by atoms with Gasteiger partial charge in [0.05, 0.1) is 6.61 Å². The van der Waals surface area contributed by atoms with E-state index in [1.807, 2.05) is 6.92 Å². The summed E-state index contributed by atoms with van der Waals surface area (Å²) >= 11 is 0. The number of ketones is 1. The van der Waals surface area contributed by atoms with Gasteiger partial charge in [-0.25, -0.2) is 0 Å². The number of Topliss-reactive ketones (excluding diaryl/α,β-unsaturated/α-hetero) is 1. The highest BCUT2D eigenvalue weighted by Gasteiger charge is 2.28. The summed E-state index contributed by atoms with van der Waals surface area (Å²) in [6.45, 7) is 1.21. The predicted octanol–water partition coefficient (Wildman–Crippen LogP) is -1.18. The van der Waals surface area contributed by atoms with Gasteiger partial charge in [0.15, 0.2) is 5.78 Å². The number of rotatable bonds is 7. The molecular weight excluding hydrogens is 188 g/mol. The summed E-state index contributed by atoms with van der Waals surface area (Å²) in [7, 11) is 0. The maximum atomic E-state index is 11.2. The molecule has 0 amide bonds. The number of carbonyl (C=O) groups excluding carboxylic acids is 1. The third-order valence-electron chi connectivity index (χ3n) is 2.00. The van der Waals surface area contributed by atoms with Crippen LogP contribution in [0, 0.1) is 0 Å². The van der Waals surface area contributed by atoms with E-state index in [4.69, 9.17) is 15.3 Å². The second kappa shape index (κ2) is 6.89. The Morgan fingerprint density at radius 1 is 1.29 bits per heavy atom. The van der Waals surface area contributed by atoms with Crippen LogP contribution in [0.2, 0.25) is 0 Å². The number of hydrogen-bond acceptors (Lipinski definition) is 5. The van der Waals surface area contributed by atoms with Crippen LogP contribution in [-0.4, -0.2) is 51.1 Å². The van der Waals surface area contributed by atoms with E-state index in [1.54, 1.807) is 0 Å². The molecule has 14 heavy (non-hydrogen) atoms. The van der Waals surface area contributed by atoms with Crippen molar-refractivity contribution in [2.45, 2.75) is 44.5 Å². The standard InChI is InChI=1S/C9H18O5/c1-2-3-4-6(11)8(13)9(14)7(12)5-10/h6-7,9-12,14H,2-5H2,1H3/t6?,7-,9-/m1/s1. The van der Waals surface area contributed by atoms with E-state index in [2.05, 4.69) is 0 Å². The fourth-order valence-electron chi connectivity index (χ4n) is 1.03. The van der Waals surface area contributed by atoms with Crippen molar-refractivity contribution < 1.29 is 25.2 Å². The van der Waals surface area contributed by atoms with E-state index in [9.17, 15) is 9.90 Å². The normalized spacial score (nSPS) is 17.5. The maximum absolute atomic E-state index is 11.2. The first kappa shape index (κ1) is 13.5. The molecule has 0 heterocycles. The lowest BCUT2D eigenvalue weighted by atomic mass is 10.0. The van der Waals surface area contributed by atoms with E-state index in [0.717, 1.165) is 6.42 Å². The van der Waals surface area contributed by atoms with E-state index in [0.29, 0.717) is 6.42 Å². The van der Waals surface area contributed by atoms with Crippen molar-refractivity contribution in [2.75, 3.05) is 6.61 Å². The zero-order valence-corrected chi connectivity index (χ0v) is 8.26. The average molecular weight is 206 g/mol. The van der Waals surface area contributed by atoms with Gasteiger partial charge in [0.1, 0.15) is 18.3 Å². The first-order valence-corrected chi connectivity index (χ1v) is 4.73. The van der Waals surface area contributed by atoms with E-state index in [-0.39, 0.29) is 6.42 Å². The molecule has 0 aromatic heterocycles. The highest BCUT2D eigenvalue weighted by atomic mass is 16.4. The molecule has 0 rings (SSSR count). The monoisotopic (exact) mass is 206 g/mol. The summed E-state index contributed by atoms with van der Waals surface area (Å²) in [5.74, 6) is -0.833. The van der Waals surface area contributed by atoms with Crippen LogP contribution >= 0.6 is 0 Å². The van der Waals surface area contributed by atoms with Crippen LogP contribution in [0.5, 0.6) is 0 Å². The van der Waals surface area contributed by atoms with Crippen molar-refractivity contribution >= 4 is 5.78 Å². The zero-order chi connectivity index (χ0) is 11.1. The van der Waals surface area contributed by atoms with Gasteiger partial charge in [0.2, 0.25) is 0 Å². The zero-order valence-electron chi connectivity index (χ0n) is 8.26. The molecule has 0 bridgehead atoms. The largest absolute Gasteiger partial charge is 0.394 e. The van der Waals surface area contributed by atoms with Crippen LogP contribution in [-0.2, 0) is 4.79 Å². The van der Waals surface area contributed by atoms with Gasteiger partial charge in [-0.2, -0.15) is 0 Å². The number of aliphatic hydroxyl groups excluding tert-OH is 4. The minimum atomic E-state index is -1.70. The van der Waals surface area contributed by atoms with E-state index < -0.39 is 30.7 Å². The Labute approximate surface area is 83.0 Å². The summed E-state index contributed by atoms with van der Waals surface area (Å²) in [5.41, 5.74) is 0. The third-order valence-corrected chi connectivity index (χ3v) is 2.00. The highest BCUT2D eigenvalue weighted by molar-refractivity contribution is 5.87. The number of hydrogen-bond donors (Lipinski definition) is 4. The summed E-state index contributed by atoms with van der Waals surface area (Å²) < 4.78 is 0. The Bertz CT molecular complexity index is 171. The lowest BCUT2D eigenvalue weighted by molar-refractivity contribution is -0.143. The molecule has 0 radical (unpaired) electrons. The topological polar surface area (TPSA) is 98.0 Å². The van der Waals surface area contributed by atoms with Gasteiger partial charge >= 0.3 is 0 Å². The van der Waals surface area contributed by atoms with Crippen molar-refractivity contribution in [2.24, 2.45) is 0 Å². The second-order valence-corrected chi connectivity index (χ2v) is 3.26. The number of carbonyl (C=O) groups is 1. The molecule has 0 fully saturated rings. The fourth-order valence-corrected chi connectivity index (χ4v) is 1.03. The third kappa shape index (κ3) is 4.15. The summed E-state index contributed by atoms with van der Waals surface area (Å²) in [6.07, 6.45) is -2.70. The van der Waals surface area contributed by atoms with Gasteiger partial charge in [-0.1, -0.05) is 19.8 Å². The van der Waals surface area contributed by atoms with Crippen LogP contribution in [0.15, 0.2) is 0 Å². The SMILES string of the molecule is CCCCC(O)C(=O)[C@H](O)[C@H](O)CO. The quantitative estimate of drug-likeness (QED) is 0.420. The van der Waals surface area contributed by atoms with Gasteiger partial charge in [-0.15, -0.1) is 0 Å². The van der Waals surface area contributed by atoms with Crippen molar-refractivity contribution in [3.63, 3.8) is 0 Å². The van der Waals surface area contributed by atoms with Crippen molar-refractivity contribution in [3.05, 3.63) is 0 Å². The Morgan fingerprint density at radius 2 is 1.86 bits per heavy atom. The van der Waals surface area contributed by atoms with Crippen LogP contribution in [0.3, 0.4) is 0 Å². The number of unbranched alkanes of at least 4 members (excludes halogenated alkanes) is 1. The first-order chi connectivity index (χ1) is 6.54. The molecule has 84 valence electrons. The predicted molar refractivity (Wildman–Crippen MR) is 49.6 cm³/mol. The Hall–Kier alpha value is -0.490. The van der Waals surface area contributed by atoms with Crippen LogP contribution in [0.4, 0.5) is 0 Å². The molecule has 1 unspecified atom stereocenters. The molecule has 0 aromatic rings. The van der Waals surface area contributed by atoms with Gasteiger partial charge in [-0.05, 0) is 6.42 Å². The summed E-state index contributed by atoms with van der Waals surface area (Å²) in [5, 5.41) is 35.8. The van der Waals surface area contributed by atoms with E-state index >= 15 is 0 Å². The second-order valence-electron chi connectivity index (χ2n) is 3.26. The van der Waals surface area contributed by atoms with Crippen LogP contribution < -0.4 is 0 Å². The molecule has 0 saturated carbocycles. The fraction of sp³-hybridized carbons (Fsp3) is 0.889. The molecule has 0 spiro atoms. The lowest BCUT2D eigenvalue weighted by Gasteiger charge is -2.17. The molecule has 0 aliphatic carbocycles. The van der Waals surface area contributed by atoms with E-state index in [1.165, 1.54) is 0 Å². The minimum Gasteiger partial charge on any atom is -0.394 e. The van der Waals surface area contributed by atoms with Crippen LogP contribution in [0.25, 0.3) is 0 Å². The smallest absolute Gasteiger partial charge is 0.192 e. The Balaban J connectivity index is 4.03. The molecule has 0 saturated heterocycles. The number of aliphatic hydroxyl groups is 4. The van der Waals surface area contributed by atoms with Gasteiger partial charge in [-0.3, -0.25) is 4.79 Å². The summed E-state index contributed by atoms with van der Waals surface area (Å²) in [4.78, 5) is 11.2. The molecule has 4 N–H and O–H groups in total. The van der Waals surface area contributed by atoms with Gasteiger partial charge in [0, 0.05) is 0 Å². The molecule has 5 nitrogen and oxygen atoms in total. The molecule has 5 heteroatoms. The molecule has 0 aliphatic heterocycles. The Kier molecular flexibility index (Phi) is 6.65. The van der Waals surface area contributed by atoms with Gasteiger partial charge < -0.3 is 20.4 Å². The van der Waals surface area contributed by atoms with Crippen molar-refractivity contribution in [1.29, 1.82) is 0 Å². The highest BCUT2D eigenvalue weighted by Crippen LogP contribution is 2.06. The molecular formula is C9H18O5. The molecule has 0 aliphatic rings. The lowest BCUT2D eigenvalue weighted by Crippen LogP contribution is -2.42. The van der Waals surface area contributed by atoms with Crippen molar-refractivity contribution in [3.8, 4) is 0 Å². The van der Waals surface area contributed by atoms with Gasteiger partial charge in [0.25, 0.3) is 0 Å². The maximum Gasteiger partial charge on any atom is 0.192 e.